The summed E-state index contributed by atoms with van der Waals surface area (Å²) in [5.74, 6) is -0.517. The number of pyridine rings is 1. The lowest BCUT2D eigenvalue weighted by Crippen LogP contribution is -2.09. The number of aromatic nitrogens is 1. The zero-order valence-corrected chi connectivity index (χ0v) is 9.59. The van der Waals surface area contributed by atoms with Gasteiger partial charge >= 0.3 is 5.97 Å². The highest BCUT2D eigenvalue weighted by Gasteiger charge is 2.09. The van der Waals surface area contributed by atoms with Gasteiger partial charge in [-0.1, -0.05) is 6.07 Å². The first-order valence-corrected chi connectivity index (χ1v) is 5.17. The summed E-state index contributed by atoms with van der Waals surface area (Å²) in [6.07, 6.45) is 1.33. The molecule has 1 aromatic heterocycles. The van der Waals surface area contributed by atoms with E-state index in [1.54, 1.807) is 6.07 Å². The van der Waals surface area contributed by atoms with Crippen LogP contribution >= 0.6 is 0 Å². The normalized spacial score (nSPS) is 9.89. The predicted octanol–water partition coefficient (Wildman–Crippen LogP) is 2.45. The van der Waals surface area contributed by atoms with Crippen LogP contribution in [0.5, 0.6) is 11.6 Å². The van der Waals surface area contributed by atoms with Crippen LogP contribution in [0.2, 0.25) is 0 Å². The van der Waals surface area contributed by atoms with Gasteiger partial charge in [-0.05, 0) is 18.2 Å². The Hall–Kier alpha value is -2.43. The minimum absolute atomic E-state index is 0.149. The van der Waals surface area contributed by atoms with Gasteiger partial charge in [0.25, 0.3) is 0 Å². The summed E-state index contributed by atoms with van der Waals surface area (Å²) >= 11 is 0. The fourth-order valence-electron chi connectivity index (χ4n) is 1.32. The second-order valence-electron chi connectivity index (χ2n) is 3.44. The van der Waals surface area contributed by atoms with Crippen molar-refractivity contribution in [2.45, 2.75) is 0 Å². The monoisotopic (exact) mass is 247 g/mol. The van der Waals surface area contributed by atoms with E-state index in [-0.39, 0.29) is 11.3 Å². The number of carbonyl (C=O) groups excluding carboxylic acids is 1. The molecule has 0 fully saturated rings. The van der Waals surface area contributed by atoms with Crippen molar-refractivity contribution in [3.8, 4) is 11.6 Å². The third kappa shape index (κ3) is 2.82. The standard InChI is InChI=1S/C13H10FNO3/c1-17-12-6-5-9(8-15-12)13(16)18-11-4-2-3-10(14)7-11/h2-8H,1H3. The molecular formula is C13H10FNO3. The third-order valence-electron chi connectivity index (χ3n) is 2.19. The van der Waals surface area contributed by atoms with Crippen molar-refractivity contribution in [1.82, 2.24) is 4.98 Å². The van der Waals surface area contributed by atoms with E-state index in [0.717, 1.165) is 6.07 Å². The van der Waals surface area contributed by atoms with Crippen LogP contribution in [0.25, 0.3) is 0 Å². The highest BCUT2D eigenvalue weighted by molar-refractivity contribution is 5.90. The largest absolute Gasteiger partial charge is 0.481 e. The molecular weight excluding hydrogens is 237 g/mol. The number of rotatable bonds is 3. The van der Waals surface area contributed by atoms with Gasteiger partial charge in [-0.25, -0.2) is 14.2 Å². The van der Waals surface area contributed by atoms with Crippen LogP contribution in [0.4, 0.5) is 4.39 Å². The van der Waals surface area contributed by atoms with Gasteiger partial charge in [0.1, 0.15) is 11.6 Å². The summed E-state index contributed by atoms with van der Waals surface area (Å²) in [5, 5.41) is 0. The molecule has 0 saturated heterocycles. The summed E-state index contributed by atoms with van der Waals surface area (Å²) in [6.45, 7) is 0. The molecule has 18 heavy (non-hydrogen) atoms. The number of hydrogen-bond acceptors (Lipinski definition) is 4. The highest BCUT2D eigenvalue weighted by Crippen LogP contribution is 2.14. The third-order valence-corrected chi connectivity index (χ3v) is 2.19. The Balaban J connectivity index is 2.11. The Morgan fingerprint density at radius 2 is 2.11 bits per heavy atom. The first-order valence-electron chi connectivity index (χ1n) is 5.17. The molecule has 0 saturated carbocycles. The maximum atomic E-state index is 12.9. The average Bonchev–Trinajstić information content (AvgIpc) is 2.39. The Labute approximate surface area is 103 Å². The van der Waals surface area contributed by atoms with Crippen LogP contribution in [-0.4, -0.2) is 18.1 Å². The number of nitrogens with zero attached hydrogens (tertiary/aromatic N) is 1. The Morgan fingerprint density at radius 3 is 2.72 bits per heavy atom. The van der Waals surface area contributed by atoms with Crippen molar-refractivity contribution in [3.63, 3.8) is 0 Å². The summed E-state index contributed by atoms with van der Waals surface area (Å²) < 4.78 is 22.8. The van der Waals surface area contributed by atoms with Crippen molar-refractivity contribution in [3.05, 3.63) is 54.0 Å². The number of esters is 1. The molecule has 2 rings (SSSR count). The van der Waals surface area contributed by atoms with Gasteiger partial charge in [0.15, 0.2) is 0 Å². The molecule has 0 N–H and O–H groups in total. The zero-order valence-electron chi connectivity index (χ0n) is 9.59. The van der Waals surface area contributed by atoms with Crippen LogP contribution in [0.1, 0.15) is 10.4 Å². The van der Waals surface area contributed by atoms with Crippen molar-refractivity contribution >= 4 is 5.97 Å². The lowest BCUT2D eigenvalue weighted by molar-refractivity contribution is 0.0734. The van der Waals surface area contributed by atoms with Crippen molar-refractivity contribution < 1.29 is 18.7 Å². The quantitative estimate of drug-likeness (QED) is 0.617. The number of benzene rings is 1. The fraction of sp³-hybridized carbons (Fsp3) is 0.0769. The molecule has 0 aliphatic heterocycles. The molecule has 0 unspecified atom stereocenters. The molecule has 0 bridgehead atoms. The Kier molecular flexibility index (Phi) is 3.52. The van der Waals surface area contributed by atoms with E-state index in [1.807, 2.05) is 0 Å². The van der Waals surface area contributed by atoms with E-state index in [4.69, 9.17) is 9.47 Å². The molecule has 0 aliphatic rings. The van der Waals surface area contributed by atoms with Crippen LogP contribution in [0, 0.1) is 5.82 Å². The first-order chi connectivity index (χ1) is 8.69. The molecule has 4 nitrogen and oxygen atoms in total. The lowest BCUT2D eigenvalue weighted by Gasteiger charge is -2.04. The number of hydrogen-bond donors (Lipinski definition) is 0. The molecule has 0 spiro atoms. The molecule has 0 radical (unpaired) electrons. The number of methoxy groups -OCH3 is 1. The fourth-order valence-corrected chi connectivity index (χ4v) is 1.32. The maximum absolute atomic E-state index is 12.9. The minimum atomic E-state index is -0.601. The van der Waals surface area contributed by atoms with E-state index in [2.05, 4.69) is 4.98 Å². The zero-order chi connectivity index (χ0) is 13.0. The van der Waals surface area contributed by atoms with Crippen LogP contribution in [0.15, 0.2) is 42.6 Å². The summed E-state index contributed by atoms with van der Waals surface area (Å²) in [5.41, 5.74) is 0.264. The van der Waals surface area contributed by atoms with Crippen molar-refractivity contribution in [1.29, 1.82) is 0 Å². The van der Waals surface area contributed by atoms with Gasteiger partial charge in [-0.3, -0.25) is 0 Å². The first kappa shape index (κ1) is 12.0. The smallest absolute Gasteiger partial charge is 0.345 e. The molecule has 5 heteroatoms. The molecule has 1 heterocycles. The molecule has 0 amide bonds. The summed E-state index contributed by atoms with van der Waals surface area (Å²) in [4.78, 5) is 15.6. The maximum Gasteiger partial charge on any atom is 0.345 e. The van der Waals surface area contributed by atoms with Gasteiger partial charge in [0.05, 0.1) is 12.7 Å². The summed E-state index contributed by atoms with van der Waals surface area (Å²) in [6, 6.07) is 8.43. The van der Waals surface area contributed by atoms with E-state index < -0.39 is 11.8 Å². The van der Waals surface area contributed by atoms with Gasteiger partial charge in [-0.2, -0.15) is 0 Å². The van der Waals surface area contributed by atoms with Crippen molar-refractivity contribution in [2.75, 3.05) is 7.11 Å². The number of ether oxygens (including phenoxy) is 2. The number of carbonyl (C=O) groups is 1. The van der Waals surface area contributed by atoms with Gasteiger partial charge < -0.3 is 9.47 Å². The molecule has 1 aromatic carbocycles. The Morgan fingerprint density at radius 1 is 1.28 bits per heavy atom. The molecule has 92 valence electrons. The molecule has 2 aromatic rings. The predicted molar refractivity (Wildman–Crippen MR) is 62.1 cm³/mol. The summed E-state index contributed by atoms with van der Waals surface area (Å²) in [7, 11) is 1.48. The molecule has 0 atom stereocenters. The SMILES string of the molecule is COc1ccc(C(=O)Oc2cccc(F)c2)cn1. The average molecular weight is 247 g/mol. The molecule has 0 aliphatic carbocycles. The second kappa shape index (κ2) is 5.27. The van der Waals surface area contributed by atoms with Crippen LogP contribution in [-0.2, 0) is 0 Å². The van der Waals surface area contributed by atoms with Gasteiger partial charge in [-0.15, -0.1) is 0 Å². The van der Waals surface area contributed by atoms with E-state index in [0.29, 0.717) is 5.88 Å². The van der Waals surface area contributed by atoms with Crippen LogP contribution in [0.3, 0.4) is 0 Å². The Bertz CT molecular complexity index is 554. The second-order valence-corrected chi connectivity index (χ2v) is 3.44. The number of halogens is 1. The van der Waals surface area contributed by atoms with Gasteiger partial charge in [0, 0.05) is 18.3 Å². The topological polar surface area (TPSA) is 48.4 Å². The highest BCUT2D eigenvalue weighted by atomic mass is 19.1. The van der Waals surface area contributed by atoms with Crippen LogP contribution < -0.4 is 9.47 Å². The van der Waals surface area contributed by atoms with E-state index in [9.17, 15) is 9.18 Å². The van der Waals surface area contributed by atoms with Crippen molar-refractivity contribution in [2.24, 2.45) is 0 Å². The van der Waals surface area contributed by atoms with Gasteiger partial charge in [0.2, 0.25) is 5.88 Å². The lowest BCUT2D eigenvalue weighted by atomic mass is 10.3. The van der Waals surface area contributed by atoms with E-state index >= 15 is 0 Å². The minimum Gasteiger partial charge on any atom is -0.481 e. The van der Waals surface area contributed by atoms with E-state index in [1.165, 1.54) is 37.6 Å².